The summed E-state index contributed by atoms with van der Waals surface area (Å²) in [5.41, 5.74) is 7.43. The average Bonchev–Trinajstić information content (AvgIpc) is 2.16. The van der Waals surface area contributed by atoms with Gasteiger partial charge < -0.3 is 15.7 Å². The fourth-order valence-electron chi connectivity index (χ4n) is 1.48. The first-order chi connectivity index (χ1) is 7.04. The van der Waals surface area contributed by atoms with Crippen molar-refractivity contribution < 1.29 is 5.11 Å². The molecule has 0 amide bonds. The standard InChI is InChI=1S/C11H17ClN2O/c1-8(15)7-14(2)11-4-3-9(6-13)5-10(11)12/h3-5,8,15H,6-7,13H2,1-2H3. The molecule has 3 N–H and O–H groups in total. The van der Waals surface area contributed by atoms with Crippen LogP contribution in [0, 0.1) is 0 Å². The van der Waals surface area contributed by atoms with Gasteiger partial charge in [-0.2, -0.15) is 0 Å². The molecule has 0 aliphatic rings. The van der Waals surface area contributed by atoms with Crippen molar-refractivity contribution in [3.63, 3.8) is 0 Å². The highest BCUT2D eigenvalue weighted by atomic mass is 35.5. The molecule has 1 aromatic carbocycles. The van der Waals surface area contributed by atoms with Gasteiger partial charge in [0, 0.05) is 20.1 Å². The molecule has 4 heteroatoms. The maximum absolute atomic E-state index is 9.27. The van der Waals surface area contributed by atoms with Crippen molar-refractivity contribution in [3.8, 4) is 0 Å². The van der Waals surface area contributed by atoms with Crippen molar-refractivity contribution in [1.29, 1.82) is 0 Å². The predicted octanol–water partition coefficient (Wildman–Crippen LogP) is 1.62. The third kappa shape index (κ3) is 3.38. The van der Waals surface area contributed by atoms with Crippen LogP contribution in [0.15, 0.2) is 18.2 Å². The molecule has 1 unspecified atom stereocenters. The maximum Gasteiger partial charge on any atom is 0.0686 e. The number of halogens is 1. The third-order valence-corrected chi connectivity index (χ3v) is 2.50. The van der Waals surface area contributed by atoms with Crippen molar-refractivity contribution in [2.45, 2.75) is 19.6 Å². The van der Waals surface area contributed by atoms with Crippen LogP contribution in [0.3, 0.4) is 0 Å². The summed E-state index contributed by atoms with van der Waals surface area (Å²) in [7, 11) is 1.90. The van der Waals surface area contributed by atoms with Gasteiger partial charge in [-0.25, -0.2) is 0 Å². The number of hydrogen-bond donors (Lipinski definition) is 2. The van der Waals surface area contributed by atoms with Gasteiger partial charge in [-0.1, -0.05) is 17.7 Å². The van der Waals surface area contributed by atoms with E-state index in [0.717, 1.165) is 11.3 Å². The van der Waals surface area contributed by atoms with Crippen LogP contribution < -0.4 is 10.6 Å². The van der Waals surface area contributed by atoms with Gasteiger partial charge in [0.15, 0.2) is 0 Å². The van der Waals surface area contributed by atoms with Crippen LogP contribution in [-0.2, 0) is 6.54 Å². The van der Waals surface area contributed by atoms with E-state index in [1.165, 1.54) is 0 Å². The molecule has 15 heavy (non-hydrogen) atoms. The van der Waals surface area contributed by atoms with Crippen LogP contribution in [0.25, 0.3) is 0 Å². The van der Waals surface area contributed by atoms with E-state index in [9.17, 15) is 5.11 Å². The number of hydrogen-bond acceptors (Lipinski definition) is 3. The topological polar surface area (TPSA) is 49.5 Å². The van der Waals surface area contributed by atoms with Gasteiger partial charge in [0.2, 0.25) is 0 Å². The Morgan fingerprint density at radius 2 is 2.20 bits per heavy atom. The smallest absolute Gasteiger partial charge is 0.0686 e. The maximum atomic E-state index is 9.27. The van der Waals surface area contributed by atoms with E-state index >= 15 is 0 Å². The minimum atomic E-state index is -0.375. The number of nitrogens with zero attached hydrogens (tertiary/aromatic N) is 1. The molecule has 0 aromatic heterocycles. The highest BCUT2D eigenvalue weighted by Gasteiger charge is 2.08. The van der Waals surface area contributed by atoms with E-state index in [4.69, 9.17) is 17.3 Å². The second-order valence-electron chi connectivity index (χ2n) is 3.72. The van der Waals surface area contributed by atoms with Crippen LogP contribution in [0.1, 0.15) is 12.5 Å². The van der Waals surface area contributed by atoms with E-state index in [-0.39, 0.29) is 6.10 Å². The molecule has 1 rings (SSSR count). The quantitative estimate of drug-likeness (QED) is 0.824. The molecule has 0 aliphatic carbocycles. The first kappa shape index (κ1) is 12.3. The fraction of sp³-hybridized carbons (Fsp3) is 0.455. The molecular weight excluding hydrogens is 212 g/mol. The zero-order chi connectivity index (χ0) is 11.4. The van der Waals surface area contributed by atoms with Gasteiger partial charge in [0.1, 0.15) is 0 Å². The molecule has 0 fully saturated rings. The van der Waals surface area contributed by atoms with E-state index in [0.29, 0.717) is 18.1 Å². The summed E-state index contributed by atoms with van der Waals surface area (Å²) in [5.74, 6) is 0. The summed E-state index contributed by atoms with van der Waals surface area (Å²) >= 11 is 6.11. The first-order valence-corrected chi connectivity index (χ1v) is 5.30. The summed E-state index contributed by atoms with van der Waals surface area (Å²) < 4.78 is 0. The van der Waals surface area contributed by atoms with Crippen LogP contribution in [0.4, 0.5) is 5.69 Å². The number of rotatable bonds is 4. The van der Waals surface area contributed by atoms with Crippen molar-refractivity contribution >= 4 is 17.3 Å². The molecule has 0 radical (unpaired) electrons. The molecular formula is C11H17ClN2O. The largest absolute Gasteiger partial charge is 0.392 e. The zero-order valence-electron chi connectivity index (χ0n) is 9.07. The molecule has 0 saturated heterocycles. The minimum absolute atomic E-state index is 0.375. The summed E-state index contributed by atoms with van der Waals surface area (Å²) in [6.45, 7) is 2.79. The Kier molecular flexibility index (Phi) is 4.39. The molecule has 0 aliphatic heterocycles. The van der Waals surface area contributed by atoms with E-state index < -0.39 is 0 Å². The monoisotopic (exact) mass is 228 g/mol. The molecule has 0 bridgehead atoms. The number of aliphatic hydroxyl groups excluding tert-OH is 1. The Morgan fingerprint density at radius 3 is 2.67 bits per heavy atom. The lowest BCUT2D eigenvalue weighted by molar-refractivity contribution is 0.201. The van der Waals surface area contributed by atoms with Gasteiger partial charge in [0.25, 0.3) is 0 Å². The summed E-state index contributed by atoms with van der Waals surface area (Å²) in [6, 6.07) is 5.72. The second-order valence-corrected chi connectivity index (χ2v) is 4.13. The average molecular weight is 229 g/mol. The number of benzene rings is 1. The van der Waals surface area contributed by atoms with Crippen LogP contribution >= 0.6 is 11.6 Å². The Bertz CT molecular complexity index is 328. The SMILES string of the molecule is CC(O)CN(C)c1ccc(CN)cc1Cl. The molecule has 84 valence electrons. The number of nitrogens with two attached hydrogens (primary N) is 1. The second kappa shape index (κ2) is 5.35. The van der Waals surface area contributed by atoms with Gasteiger partial charge in [-0.3, -0.25) is 0 Å². The van der Waals surface area contributed by atoms with Gasteiger partial charge in [-0.15, -0.1) is 0 Å². The summed E-state index contributed by atoms with van der Waals surface area (Å²) in [5, 5.41) is 9.94. The first-order valence-electron chi connectivity index (χ1n) is 4.92. The normalized spacial score (nSPS) is 12.6. The molecule has 1 atom stereocenters. The Morgan fingerprint density at radius 1 is 1.53 bits per heavy atom. The van der Waals surface area contributed by atoms with Gasteiger partial charge in [-0.05, 0) is 24.6 Å². The highest BCUT2D eigenvalue weighted by molar-refractivity contribution is 6.33. The van der Waals surface area contributed by atoms with Crippen molar-refractivity contribution in [2.75, 3.05) is 18.5 Å². The Hall–Kier alpha value is -0.770. The van der Waals surface area contributed by atoms with E-state index in [1.54, 1.807) is 6.92 Å². The molecule has 3 nitrogen and oxygen atoms in total. The van der Waals surface area contributed by atoms with Gasteiger partial charge >= 0.3 is 0 Å². The van der Waals surface area contributed by atoms with Crippen molar-refractivity contribution in [1.82, 2.24) is 0 Å². The van der Waals surface area contributed by atoms with Gasteiger partial charge in [0.05, 0.1) is 16.8 Å². The zero-order valence-corrected chi connectivity index (χ0v) is 9.83. The lowest BCUT2D eigenvalue weighted by Gasteiger charge is -2.22. The minimum Gasteiger partial charge on any atom is -0.392 e. The summed E-state index contributed by atoms with van der Waals surface area (Å²) in [6.07, 6.45) is -0.375. The van der Waals surface area contributed by atoms with E-state index in [2.05, 4.69) is 0 Å². The van der Waals surface area contributed by atoms with Crippen molar-refractivity contribution in [3.05, 3.63) is 28.8 Å². The summed E-state index contributed by atoms with van der Waals surface area (Å²) in [4.78, 5) is 1.92. The lowest BCUT2D eigenvalue weighted by Crippen LogP contribution is -2.27. The highest BCUT2D eigenvalue weighted by Crippen LogP contribution is 2.25. The predicted molar refractivity (Wildman–Crippen MR) is 64.3 cm³/mol. The number of anilines is 1. The fourth-order valence-corrected chi connectivity index (χ4v) is 1.83. The molecule has 0 spiro atoms. The van der Waals surface area contributed by atoms with Crippen LogP contribution in [0.2, 0.25) is 5.02 Å². The third-order valence-electron chi connectivity index (χ3n) is 2.20. The Labute approximate surface area is 95.5 Å². The Balaban J connectivity index is 2.85. The van der Waals surface area contributed by atoms with Crippen LogP contribution in [0.5, 0.6) is 0 Å². The van der Waals surface area contributed by atoms with E-state index in [1.807, 2.05) is 30.1 Å². The number of likely N-dealkylation sites (N-methyl/N-ethyl adjacent to an activating group) is 1. The molecule has 0 heterocycles. The number of aliphatic hydroxyl groups is 1. The van der Waals surface area contributed by atoms with Crippen LogP contribution in [-0.4, -0.2) is 24.8 Å². The molecule has 1 aromatic rings. The lowest BCUT2D eigenvalue weighted by atomic mass is 10.2. The molecule has 0 saturated carbocycles. The van der Waals surface area contributed by atoms with Crippen molar-refractivity contribution in [2.24, 2.45) is 5.73 Å².